The fourth-order valence-corrected chi connectivity index (χ4v) is 4.06. The molecule has 1 amide bonds. The Bertz CT molecular complexity index is 882. The van der Waals surface area contributed by atoms with E-state index in [0.717, 1.165) is 31.2 Å². The summed E-state index contributed by atoms with van der Waals surface area (Å²) < 4.78 is 32.0. The lowest BCUT2D eigenvalue weighted by Crippen LogP contribution is -2.50. The van der Waals surface area contributed by atoms with Gasteiger partial charge in [-0.25, -0.2) is 14.0 Å². The molecule has 6 nitrogen and oxygen atoms in total. The van der Waals surface area contributed by atoms with Crippen molar-refractivity contribution in [3.8, 4) is 5.75 Å². The molecule has 0 radical (unpaired) electrons. The largest absolute Gasteiger partial charge is 0.491 e. The molecule has 1 aromatic rings. The number of carbonyl (C=O) groups is 2. The summed E-state index contributed by atoms with van der Waals surface area (Å²) >= 11 is 0. The second-order valence-electron chi connectivity index (χ2n) is 11.4. The number of rotatable bonds is 5. The van der Waals surface area contributed by atoms with Crippen LogP contribution >= 0.6 is 0 Å². The van der Waals surface area contributed by atoms with Gasteiger partial charge in [0.05, 0.1) is 11.6 Å². The van der Waals surface area contributed by atoms with Crippen molar-refractivity contribution in [1.82, 2.24) is 4.90 Å². The van der Waals surface area contributed by atoms with Gasteiger partial charge in [-0.2, -0.15) is 0 Å². The van der Waals surface area contributed by atoms with Crippen LogP contribution in [0.25, 0.3) is 0 Å². The third-order valence-electron chi connectivity index (χ3n) is 5.77. The standard InChI is InChI=1S/C26H38FNO5/c1-16-10-11-28(24(30)33-26(5,6)7)18(12-16)15-31-22-14-21(27)20(13-19(22)17-8-9-17)23(29)32-25(2,3)4/h13-14,16-18H,8-12,15H2,1-7H3. The first-order valence-corrected chi connectivity index (χ1v) is 11.9. The molecule has 2 unspecified atom stereocenters. The van der Waals surface area contributed by atoms with Gasteiger partial charge in [0.25, 0.3) is 0 Å². The van der Waals surface area contributed by atoms with E-state index in [2.05, 4.69) is 6.92 Å². The molecule has 0 N–H and O–H groups in total. The van der Waals surface area contributed by atoms with Crippen molar-refractivity contribution in [2.75, 3.05) is 13.2 Å². The van der Waals surface area contributed by atoms with Gasteiger partial charge in [0.2, 0.25) is 0 Å². The Morgan fingerprint density at radius 1 is 1.03 bits per heavy atom. The number of carbonyl (C=O) groups excluding carboxylic acids is 2. The molecule has 2 atom stereocenters. The Kier molecular flexibility index (Phi) is 7.30. The van der Waals surface area contributed by atoms with Crippen LogP contribution < -0.4 is 4.74 Å². The molecule has 1 saturated carbocycles. The lowest BCUT2D eigenvalue weighted by atomic mass is 9.93. The molecule has 3 rings (SSSR count). The van der Waals surface area contributed by atoms with Crippen LogP contribution in [-0.2, 0) is 9.47 Å². The Labute approximate surface area is 196 Å². The molecule has 1 aliphatic carbocycles. The van der Waals surface area contributed by atoms with Crippen LogP contribution in [0.2, 0.25) is 0 Å². The van der Waals surface area contributed by atoms with Crippen molar-refractivity contribution in [2.45, 2.75) is 97.3 Å². The lowest BCUT2D eigenvalue weighted by molar-refractivity contribution is -0.00184. The minimum Gasteiger partial charge on any atom is -0.491 e. The van der Waals surface area contributed by atoms with Gasteiger partial charge in [-0.05, 0) is 90.7 Å². The van der Waals surface area contributed by atoms with Crippen molar-refractivity contribution in [3.63, 3.8) is 0 Å². The molecule has 184 valence electrons. The van der Waals surface area contributed by atoms with Gasteiger partial charge in [0.15, 0.2) is 0 Å². The second-order valence-corrected chi connectivity index (χ2v) is 11.4. The fraction of sp³-hybridized carbons (Fsp3) is 0.692. The Morgan fingerprint density at radius 3 is 2.24 bits per heavy atom. The topological polar surface area (TPSA) is 65.1 Å². The number of nitrogens with zero attached hydrogens (tertiary/aromatic N) is 1. The molecule has 1 heterocycles. The van der Waals surface area contributed by atoms with E-state index >= 15 is 0 Å². The normalized spacial score (nSPS) is 21.5. The number of amides is 1. The van der Waals surface area contributed by atoms with Gasteiger partial charge in [0, 0.05) is 12.6 Å². The number of esters is 1. The van der Waals surface area contributed by atoms with Gasteiger partial charge < -0.3 is 19.1 Å². The third-order valence-corrected chi connectivity index (χ3v) is 5.77. The molecule has 0 aromatic heterocycles. The van der Waals surface area contributed by atoms with Gasteiger partial charge in [0.1, 0.15) is 29.4 Å². The van der Waals surface area contributed by atoms with Crippen LogP contribution in [0.5, 0.6) is 5.75 Å². The molecule has 1 aromatic carbocycles. The van der Waals surface area contributed by atoms with Crippen LogP contribution in [0.4, 0.5) is 9.18 Å². The monoisotopic (exact) mass is 463 g/mol. The maximum atomic E-state index is 14.9. The summed E-state index contributed by atoms with van der Waals surface area (Å²) in [4.78, 5) is 27.0. The van der Waals surface area contributed by atoms with Gasteiger partial charge in [-0.3, -0.25) is 0 Å². The SMILES string of the molecule is CC1CCN(C(=O)OC(C)(C)C)C(COc2cc(F)c(C(=O)OC(C)(C)C)cc2C2CC2)C1. The van der Waals surface area contributed by atoms with Gasteiger partial charge in [-0.15, -0.1) is 0 Å². The van der Waals surface area contributed by atoms with Crippen molar-refractivity contribution in [3.05, 3.63) is 29.1 Å². The number of ether oxygens (including phenoxy) is 3. The number of halogens is 1. The molecule has 2 fully saturated rings. The van der Waals surface area contributed by atoms with E-state index < -0.39 is 23.0 Å². The summed E-state index contributed by atoms with van der Waals surface area (Å²) in [5.41, 5.74) is -0.530. The van der Waals surface area contributed by atoms with E-state index in [9.17, 15) is 14.0 Å². The summed E-state index contributed by atoms with van der Waals surface area (Å²) in [5, 5.41) is 0. The zero-order valence-electron chi connectivity index (χ0n) is 21.0. The second kappa shape index (κ2) is 9.51. The highest BCUT2D eigenvalue weighted by atomic mass is 19.1. The number of benzene rings is 1. The van der Waals surface area contributed by atoms with E-state index in [1.54, 1.807) is 31.7 Å². The van der Waals surface area contributed by atoms with E-state index in [-0.39, 0.29) is 30.2 Å². The van der Waals surface area contributed by atoms with Gasteiger partial charge in [-0.1, -0.05) is 6.92 Å². The smallest absolute Gasteiger partial charge is 0.410 e. The summed E-state index contributed by atoms with van der Waals surface area (Å²) in [7, 11) is 0. The summed E-state index contributed by atoms with van der Waals surface area (Å²) in [6.07, 6.45) is 3.29. The molecule has 2 aliphatic rings. The highest BCUT2D eigenvalue weighted by Crippen LogP contribution is 2.45. The molecule has 33 heavy (non-hydrogen) atoms. The average molecular weight is 464 g/mol. The number of hydrogen-bond donors (Lipinski definition) is 0. The third kappa shape index (κ3) is 7.08. The predicted octanol–water partition coefficient (Wildman–Crippen LogP) is 6.07. The quantitative estimate of drug-likeness (QED) is 0.496. The molecular formula is C26H38FNO5. The van der Waals surface area contributed by atoms with Crippen LogP contribution in [0, 0.1) is 11.7 Å². The summed E-state index contributed by atoms with van der Waals surface area (Å²) in [6.45, 7) is 13.8. The van der Waals surface area contributed by atoms with Crippen molar-refractivity contribution in [2.24, 2.45) is 5.92 Å². The average Bonchev–Trinajstić information content (AvgIpc) is 3.48. The van der Waals surface area contributed by atoms with Crippen LogP contribution in [0.3, 0.4) is 0 Å². The first-order valence-electron chi connectivity index (χ1n) is 11.9. The molecule has 1 saturated heterocycles. The van der Waals surface area contributed by atoms with E-state index in [1.807, 2.05) is 20.8 Å². The van der Waals surface area contributed by atoms with Gasteiger partial charge >= 0.3 is 12.1 Å². The Balaban J connectivity index is 1.78. The Hall–Kier alpha value is -2.31. The molecule has 7 heteroatoms. The van der Waals surface area contributed by atoms with Crippen molar-refractivity contribution < 1.29 is 28.2 Å². The minimum absolute atomic E-state index is 0.0687. The van der Waals surface area contributed by atoms with E-state index in [1.165, 1.54) is 6.07 Å². The lowest BCUT2D eigenvalue weighted by Gasteiger charge is -2.39. The van der Waals surface area contributed by atoms with Crippen LogP contribution in [-0.4, -0.2) is 47.4 Å². The molecule has 0 spiro atoms. The number of hydrogen-bond acceptors (Lipinski definition) is 5. The van der Waals surface area contributed by atoms with E-state index in [4.69, 9.17) is 14.2 Å². The molecule has 0 bridgehead atoms. The first-order chi connectivity index (χ1) is 15.2. The highest BCUT2D eigenvalue weighted by Gasteiger charge is 2.35. The number of piperidine rings is 1. The zero-order chi connectivity index (χ0) is 24.6. The minimum atomic E-state index is -0.707. The van der Waals surface area contributed by atoms with Crippen LogP contribution in [0.15, 0.2) is 12.1 Å². The fourth-order valence-electron chi connectivity index (χ4n) is 4.06. The molecular weight excluding hydrogens is 425 g/mol. The summed E-state index contributed by atoms with van der Waals surface area (Å²) in [6, 6.07) is 2.70. The highest BCUT2D eigenvalue weighted by molar-refractivity contribution is 5.90. The van der Waals surface area contributed by atoms with Crippen LogP contribution in [0.1, 0.15) is 96.0 Å². The van der Waals surface area contributed by atoms with Crippen molar-refractivity contribution >= 4 is 12.1 Å². The maximum absolute atomic E-state index is 14.9. The number of likely N-dealkylation sites (tertiary alicyclic amines) is 1. The van der Waals surface area contributed by atoms with Crippen molar-refractivity contribution in [1.29, 1.82) is 0 Å². The maximum Gasteiger partial charge on any atom is 0.410 e. The molecule has 1 aliphatic heterocycles. The predicted molar refractivity (Wildman–Crippen MR) is 124 cm³/mol. The summed E-state index contributed by atoms with van der Waals surface area (Å²) in [5.74, 6) is -0.208. The van der Waals surface area contributed by atoms with E-state index in [0.29, 0.717) is 18.2 Å². The first kappa shape index (κ1) is 25.3. The Morgan fingerprint density at radius 2 is 1.67 bits per heavy atom. The zero-order valence-corrected chi connectivity index (χ0v) is 21.0.